The minimum absolute atomic E-state index is 0.0787. The molecule has 21 heavy (non-hydrogen) atoms. The minimum atomic E-state index is -0.898. The van der Waals surface area contributed by atoms with Crippen molar-refractivity contribution >= 4 is 17.0 Å². The summed E-state index contributed by atoms with van der Waals surface area (Å²) in [5, 5.41) is 9.21. The minimum Gasteiger partial charge on any atom is -0.478 e. The zero-order valence-corrected chi connectivity index (χ0v) is 13.5. The third-order valence-electron chi connectivity index (χ3n) is 4.12. The SMILES string of the molecule is CCCc1nc2ccc(C(=O)O)cc2n1C(C)C(C)(C)C. The normalized spacial score (nSPS) is 13.6. The number of aromatic nitrogens is 2. The molecule has 2 rings (SSSR count). The average Bonchev–Trinajstić information content (AvgIpc) is 2.73. The van der Waals surface area contributed by atoms with E-state index in [9.17, 15) is 9.90 Å². The number of carboxylic acid groups (broad SMARTS) is 1. The van der Waals surface area contributed by atoms with Crippen molar-refractivity contribution in [3.63, 3.8) is 0 Å². The fourth-order valence-electron chi connectivity index (χ4n) is 2.50. The maximum absolute atomic E-state index is 11.2. The number of aromatic carboxylic acids is 1. The van der Waals surface area contributed by atoms with Gasteiger partial charge in [0.05, 0.1) is 16.6 Å². The Labute approximate surface area is 125 Å². The van der Waals surface area contributed by atoms with Crippen molar-refractivity contribution in [1.82, 2.24) is 9.55 Å². The highest BCUT2D eigenvalue weighted by Gasteiger charge is 2.26. The maximum atomic E-state index is 11.2. The summed E-state index contributed by atoms with van der Waals surface area (Å²) in [4.78, 5) is 15.9. The van der Waals surface area contributed by atoms with Gasteiger partial charge in [-0.1, -0.05) is 27.7 Å². The van der Waals surface area contributed by atoms with Crippen LogP contribution in [-0.2, 0) is 6.42 Å². The van der Waals surface area contributed by atoms with Crippen LogP contribution in [-0.4, -0.2) is 20.6 Å². The summed E-state index contributed by atoms with van der Waals surface area (Å²) in [6.45, 7) is 10.9. The first-order valence-corrected chi connectivity index (χ1v) is 7.50. The van der Waals surface area contributed by atoms with E-state index in [1.807, 2.05) is 6.07 Å². The van der Waals surface area contributed by atoms with Crippen LogP contribution >= 0.6 is 0 Å². The van der Waals surface area contributed by atoms with Gasteiger partial charge in [-0.3, -0.25) is 0 Å². The Balaban J connectivity index is 2.70. The number of nitrogens with zero attached hydrogens (tertiary/aromatic N) is 2. The monoisotopic (exact) mass is 288 g/mol. The summed E-state index contributed by atoms with van der Waals surface area (Å²) in [5.74, 6) is 0.141. The van der Waals surface area contributed by atoms with Crippen LogP contribution in [0.5, 0.6) is 0 Å². The fourth-order valence-corrected chi connectivity index (χ4v) is 2.50. The summed E-state index contributed by atoms with van der Waals surface area (Å²) < 4.78 is 2.21. The zero-order valence-electron chi connectivity index (χ0n) is 13.5. The number of fused-ring (bicyclic) bond motifs is 1. The van der Waals surface area contributed by atoms with Crippen LogP contribution in [0.1, 0.15) is 63.3 Å². The molecule has 0 aliphatic heterocycles. The Bertz CT molecular complexity index is 665. The molecule has 1 aromatic heterocycles. The van der Waals surface area contributed by atoms with Crippen LogP contribution in [0, 0.1) is 5.41 Å². The van der Waals surface area contributed by atoms with Gasteiger partial charge in [0, 0.05) is 12.5 Å². The Hall–Kier alpha value is -1.84. The van der Waals surface area contributed by atoms with Crippen molar-refractivity contribution in [2.45, 2.75) is 53.5 Å². The molecule has 0 bridgehead atoms. The molecule has 114 valence electrons. The van der Waals surface area contributed by atoms with E-state index in [0.29, 0.717) is 5.56 Å². The number of imidazole rings is 1. The first-order valence-electron chi connectivity index (χ1n) is 7.50. The van der Waals surface area contributed by atoms with Crippen LogP contribution in [0.15, 0.2) is 18.2 Å². The molecule has 0 aliphatic rings. The van der Waals surface area contributed by atoms with Gasteiger partial charge in [-0.2, -0.15) is 0 Å². The molecular weight excluding hydrogens is 264 g/mol. The maximum Gasteiger partial charge on any atom is 0.335 e. The van der Waals surface area contributed by atoms with Crippen molar-refractivity contribution in [2.24, 2.45) is 5.41 Å². The van der Waals surface area contributed by atoms with Crippen molar-refractivity contribution in [3.05, 3.63) is 29.6 Å². The van der Waals surface area contributed by atoms with Gasteiger partial charge in [-0.25, -0.2) is 9.78 Å². The van der Waals surface area contributed by atoms with Gasteiger partial charge < -0.3 is 9.67 Å². The molecule has 0 saturated heterocycles. The molecule has 1 unspecified atom stereocenters. The van der Waals surface area contributed by atoms with E-state index in [4.69, 9.17) is 4.98 Å². The summed E-state index contributed by atoms with van der Waals surface area (Å²) in [7, 11) is 0. The standard InChI is InChI=1S/C17H24N2O2/c1-6-7-15-18-13-9-8-12(16(20)21)10-14(13)19(15)11(2)17(3,4)5/h8-11H,6-7H2,1-5H3,(H,20,21). The van der Waals surface area contributed by atoms with E-state index < -0.39 is 5.97 Å². The lowest BCUT2D eigenvalue weighted by Gasteiger charge is -2.30. The molecule has 0 radical (unpaired) electrons. The van der Waals surface area contributed by atoms with Gasteiger partial charge in [0.25, 0.3) is 0 Å². The second-order valence-corrected chi connectivity index (χ2v) is 6.70. The first kappa shape index (κ1) is 15.5. The lowest BCUT2D eigenvalue weighted by Crippen LogP contribution is -2.23. The third-order valence-corrected chi connectivity index (χ3v) is 4.12. The van der Waals surface area contributed by atoms with Gasteiger partial charge in [0.15, 0.2) is 0 Å². The number of benzene rings is 1. The highest BCUT2D eigenvalue weighted by molar-refractivity contribution is 5.92. The summed E-state index contributed by atoms with van der Waals surface area (Å²) >= 11 is 0. The van der Waals surface area contributed by atoms with Gasteiger partial charge in [-0.05, 0) is 37.0 Å². The van der Waals surface area contributed by atoms with E-state index in [-0.39, 0.29) is 11.5 Å². The Morgan fingerprint density at radius 3 is 2.57 bits per heavy atom. The molecule has 0 fully saturated rings. The zero-order chi connectivity index (χ0) is 15.8. The molecule has 1 aromatic carbocycles. The molecule has 2 aromatic rings. The van der Waals surface area contributed by atoms with Gasteiger partial charge in [0.2, 0.25) is 0 Å². The van der Waals surface area contributed by atoms with E-state index >= 15 is 0 Å². The second-order valence-electron chi connectivity index (χ2n) is 6.70. The predicted octanol–water partition coefficient (Wildman–Crippen LogP) is 4.29. The van der Waals surface area contributed by atoms with E-state index in [1.165, 1.54) is 0 Å². The Morgan fingerprint density at radius 2 is 2.05 bits per heavy atom. The summed E-state index contributed by atoms with van der Waals surface area (Å²) in [5.41, 5.74) is 2.18. The highest BCUT2D eigenvalue weighted by atomic mass is 16.4. The van der Waals surface area contributed by atoms with Crippen molar-refractivity contribution in [3.8, 4) is 0 Å². The average molecular weight is 288 g/mol. The van der Waals surface area contributed by atoms with Gasteiger partial charge in [-0.15, -0.1) is 0 Å². The fraction of sp³-hybridized carbons (Fsp3) is 0.529. The Morgan fingerprint density at radius 1 is 1.38 bits per heavy atom. The van der Waals surface area contributed by atoms with Crippen molar-refractivity contribution in [2.75, 3.05) is 0 Å². The molecule has 0 spiro atoms. The molecule has 0 amide bonds. The van der Waals surface area contributed by atoms with Crippen LogP contribution in [0.2, 0.25) is 0 Å². The van der Waals surface area contributed by atoms with Crippen molar-refractivity contribution in [1.29, 1.82) is 0 Å². The molecule has 1 atom stereocenters. The highest BCUT2D eigenvalue weighted by Crippen LogP contribution is 2.34. The molecule has 1 heterocycles. The number of carboxylic acids is 1. The molecule has 0 saturated carbocycles. The number of aryl methyl sites for hydroxylation is 1. The topological polar surface area (TPSA) is 55.1 Å². The van der Waals surface area contributed by atoms with Crippen molar-refractivity contribution < 1.29 is 9.90 Å². The number of carbonyl (C=O) groups is 1. The third kappa shape index (κ3) is 2.94. The lowest BCUT2D eigenvalue weighted by atomic mass is 9.87. The number of hydrogen-bond acceptors (Lipinski definition) is 2. The van der Waals surface area contributed by atoms with E-state index in [1.54, 1.807) is 12.1 Å². The lowest BCUT2D eigenvalue weighted by molar-refractivity contribution is 0.0697. The number of rotatable bonds is 4. The van der Waals surface area contributed by atoms with Crippen LogP contribution < -0.4 is 0 Å². The predicted molar refractivity (Wildman–Crippen MR) is 84.9 cm³/mol. The smallest absolute Gasteiger partial charge is 0.335 e. The summed E-state index contributed by atoms with van der Waals surface area (Å²) in [6, 6.07) is 5.42. The van der Waals surface area contributed by atoms with Crippen LogP contribution in [0.4, 0.5) is 0 Å². The van der Waals surface area contributed by atoms with Crippen LogP contribution in [0.3, 0.4) is 0 Å². The van der Waals surface area contributed by atoms with E-state index in [0.717, 1.165) is 29.7 Å². The molecular formula is C17H24N2O2. The van der Waals surface area contributed by atoms with Gasteiger partial charge >= 0.3 is 5.97 Å². The number of hydrogen-bond donors (Lipinski definition) is 1. The molecule has 4 nitrogen and oxygen atoms in total. The van der Waals surface area contributed by atoms with Gasteiger partial charge in [0.1, 0.15) is 5.82 Å². The molecule has 0 aliphatic carbocycles. The van der Waals surface area contributed by atoms with Crippen LogP contribution in [0.25, 0.3) is 11.0 Å². The first-order chi connectivity index (χ1) is 9.75. The molecule has 4 heteroatoms. The Kier molecular flexibility index (Phi) is 4.08. The quantitative estimate of drug-likeness (QED) is 0.912. The van der Waals surface area contributed by atoms with E-state index in [2.05, 4.69) is 39.2 Å². The summed E-state index contributed by atoms with van der Waals surface area (Å²) in [6.07, 6.45) is 1.92. The largest absolute Gasteiger partial charge is 0.478 e. The second kappa shape index (κ2) is 5.51. The molecule has 1 N–H and O–H groups in total.